The Hall–Kier alpha value is -3.15. The average Bonchev–Trinajstić information content (AvgIpc) is 2.67. The number of hydrogen-bond donors (Lipinski definition) is 1. The molecule has 0 atom stereocenters. The topological polar surface area (TPSA) is 75.4 Å². The predicted molar refractivity (Wildman–Crippen MR) is 101 cm³/mol. The molecule has 0 unspecified atom stereocenters. The van der Waals surface area contributed by atoms with Crippen molar-refractivity contribution in [3.8, 4) is 0 Å². The smallest absolute Gasteiger partial charge is 0.349 e. The molecule has 0 aliphatic rings. The number of hydrogen-bond acceptors (Lipinski definition) is 5. The van der Waals surface area contributed by atoms with Crippen molar-refractivity contribution in [3.05, 3.63) is 70.3 Å². The van der Waals surface area contributed by atoms with Crippen molar-refractivity contribution in [2.45, 2.75) is 20.4 Å². The van der Waals surface area contributed by atoms with Crippen LogP contribution in [0, 0.1) is 0 Å². The van der Waals surface area contributed by atoms with Gasteiger partial charge in [0.15, 0.2) is 0 Å². The lowest BCUT2D eigenvalue weighted by Crippen LogP contribution is -2.27. The number of carbonyl (C=O) groups is 1. The Bertz CT molecular complexity index is 963. The van der Waals surface area contributed by atoms with E-state index in [9.17, 15) is 9.59 Å². The number of fused-ring (bicyclic) bond motifs is 1. The van der Waals surface area contributed by atoms with Gasteiger partial charge in [0.2, 0.25) is 0 Å². The molecule has 1 aromatic carbocycles. The zero-order valence-electron chi connectivity index (χ0n) is 14.9. The first-order valence-electron chi connectivity index (χ1n) is 8.62. The fourth-order valence-electron chi connectivity index (χ4n) is 2.82. The van der Waals surface area contributed by atoms with E-state index in [1.165, 1.54) is 0 Å². The average molecular weight is 351 g/mol. The maximum atomic E-state index is 12.4. The summed E-state index contributed by atoms with van der Waals surface area (Å²) in [6.07, 6.45) is 3.30. The monoisotopic (exact) mass is 351 g/mol. The van der Waals surface area contributed by atoms with Crippen LogP contribution in [-0.4, -0.2) is 24.0 Å². The Morgan fingerprint density at radius 3 is 2.54 bits per heavy atom. The normalized spacial score (nSPS) is 10.7. The molecule has 1 amide bonds. The second-order valence-corrected chi connectivity index (χ2v) is 5.88. The second kappa shape index (κ2) is 7.82. The third kappa shape index (κ3) is 3.74. The number of carbonyl (C=O) groups excluding carboxylic acids is 1. The molecule has 2 heterocycles. The molecule has 3 aromatic rings. The summed E-state index contributed by atoms with van der Waals surface area (Å²) in [5.74, 6) is -0.453. The van der Waals surface area contributed by atoms with Crippen LogP contribution in [0.3, 0.4) is 0 Å². The molecule has 2 aromatic heterocycles. The van der Waals surface area contributed by atoms with Gasteiger partial charge in [-0.1, -0.05) is 0 Å². The Morgan fingerprint density at radius 2 is 1.85 bits per heavy atom. The van der Waals surface area contributed by atoms with Gasteiger partial charge in [0.1, 0.15) is 11.1 Å². The van der Waals surface area contributed by atoms with Gasteiger partial charge in [-0.25, -0.2) is 4.79 Å². The molecule has 26 heavy (non-hydrogen) atoms. The highest BCUT2D eigenvalue weighted by Gasteiger charge is 2.14. The van der Waals surface area contributed by atoms with Gasteiger partial charge in [-0.15, -0.1) is 0 Å². The number of pyridine rings is 1. The molecule has 0 saturated carbocycles. The highest BCUT2D eigenvalue weighted by molar-refractivity contribution is 5.96. The first-order chi connectivity index (χ1) is 12.6. The van der Waals surface area contributed by atoms with Crippen molar-refractivity contribution in [2.24, 2.45) is 0 Å². The van der Waals surface area contributed by atoms with E-state index in [0.29, 0.717) is 12.1 Å². The van der Waals surface area contributed by atoms with Crippen molar-refractivity contribution in [1.29, 1.82) is 0 Å². The lowest BCUT2D eigenvalue weighted by Gasteiger charge is -2.21. The predicted octanol–water partition coefficient (Wildman–Crippen LogP) is 2.96. The minimum atomic E-state index is -0.638. The summed E-state index contributed by atoms with van der Waals surface area (Å²) in [6, 6.07) is 10.9. The van der Waals surface area contributed by atoms with Gasteiger partial charge in [0.25, 0.3) is 5.91 Å². The molecule has 0 aliphatic heterocycles. The van der Waals surface area contributed by atoms with E-state index in [1.54, 1.807) is 30.6 Å². The van der Waals surface area contributed by atoms with Gasteiger partial charge in [-0.2, -0.15) is 0 Å². The van der Waals surface area contributed by atoms with Crippen LogP contribution < -0.4 is 15.8 Å². The Labute approximate surface area is 151 Å². The minimum Gasteiger partial charge on any atom is -0.422 e. The zero-order chi connectivity index (χ0) is 18.5. The molecule has 0 spiro atoms. The molecule has 0 fully saturated rings. The van der Waals surface area contributed by atoms with Gasteiger partial charge < -0.3 is 14.6 Å². The van der Waals surface area contributed by atoms with Crippen molar-refractivity contribution < 1.29 is 9.21 Å². The molecule has 3 rings (SSSR count). The van der Waals surface area contributed by atoms with Gasteiger partial charge in [-0.3, -0.25) is 9.78 Å². The molecule has 1 N–H and O–H groups in total. The quantitative estimate of drug-likeness (QED) is 0.691. The number of nitrogens with zero attached hydrogens (tertiary/aromatic N) is 2. The highest BCUT2D eigenvalue weighted by atomic mass is 16.4. The van der Waals surface area contributed by atoms with Gasteiger partial charge in [0, 0.05) is 49.2 Å². The second-order valence-electron chi connectivity index (χ2n) is 5.88. The van der Waals surface area contributed by atoms with E-state index in [1.807, 2.05) is 18.2 Å². The maximum absolute atomic E-state index is 12.4. The summed E-state index contributed by atoms with van der Waals surface area (Å²) >= 11 is 0. The lowest BCUT2D eigenvalue weighted by atomic mass is 10.1. The summed E-state index contributed by atoms with van der Waals surface area (Å²) in [7, 11) is 0. The first kappa shape index (κ1) is 17.7. The van der Waals surface area contributed by atoms with E-state index in [4.69, 9.17) is 4.42 Å². The third-order valence-electron chi connectivity index (χ3n) is 4.30. The fourth-order valence-corrected chi connectivity index (χ4v) is 2.82. The van der Waals surface area contributed by atoms with Gasteiger partial charge in [-0.05, 0) is 49.7 Å². The van der Waals surface area contributed by atoms with Crippen LogP contribution >= 0.6 is 0 Å². The molecule has 0 saturated heterocycles. The summed E-state index contributed by atoms with van der Waals surface area (Å²) < 4.78 is 5.39. The number of rotatable bonds is 6. The van der Waals surface area contributed by atoms with Crippen molar-refractivity contribution in [1.82, 2.24) is 10.3 Å². The third-order valence-corrected chi connectivity index (χ3v) is 4.30. The Balaban J connectivity index is 1.85. The van der Waals surface area contributed by atoms with Gasteiger partial charge in [0.05, 0.1) is 0 Å². The summed E-state index contributed by atoms with van der Waals surface area (Å²) in [5.41, 5.74) is 1.73. The summed E-state index contributed by atoms with van der Waals surface area (Å²) in [5, 5.41) is 3.45. The number of nitrogens with one attached hydrogen (secondary N) is 1. The van der Waals surface area contributed by atoms with Crippen LogP contribution in [0.25, 0.3) is 11.0 Å². The molecule has 0 aliphatic carbocycles. The molecule has 134 valence electrons. The SMILES string of the molecule is CCN(CC)c1ccc2cc(C(=O)NCc3ccncc3)c(=O)oc2c1. The standard InChI is InChI=1S/C20H21N3O3/c1-3-23(4-2)16-6-5-15-11-17(20(25)26-18(15)12-16)19(24)22-13-14-7-9-21-10-8-14/h5-12H,3-4,13H2,1-2H3,(H,22,24). The molecule has 6 nitrogen and oxygen atoms in total. The molecular weight excluding hydrogens is 330 g/mol. The molecular formula is C20H21N3O3. The molecule has 0 bridgehead atoms. The number of aromatic nitrogens is 1. The van der Waals surface area contributed by atoms with Crippen LogP contribution in [0.15, 0.2) is 58.0 Å². The van der Waals surface area contributed by atoms with Crippen LogP contribution in [0.2, 0.25) is 0 Å². The number of anilines is 1. The summed E-state index contributed by atoms with van der Waals surface area (Å²) in [4.78, 5) is 30.7. The van der Waals surface area contributed by atoms with Crippen molar-refractivity contribution >= 4 is 22.6 Å². The van der Waals surface area contributed by atoms with Crippen LogP contribution in [0.1, 0.15) is 29.8 Å². The van der Waals surface area contributed by atoms with E-state index in [-0.39, 0.29) is 5.56 Å². The molecule has 0 radical (unpaired) electrons. The van der Waals surface area contributed by atoms with Gasteiger partial charge >= 0.3 is 5.63 Å². The molecule has 6 heteroatoms. The maximum Gasteiger partial charge on any atom is 0.349 e. The highest BCUT2D eigenvalue weighted by Crippen LogP contribution is 2.22. The van der Waals surface area contributed by atoms with E-state index >= 15 is 0 Å². The van der Waals surface area contributed by atoms with E-state index in [2.05, 4.69) is 29.0 Å². The Kier molecular flexibility index (Phi) is 5.31. The Morgan fingerprint density at radius 1 is 1.12 bits per heavy atom. The number of benzene rings is 1. The minimum absolute atomic E-state index is 0.00199. The number of amides is 1. The summed E-state index contributed by atoms with van der Waals surface area (Å²) in [6.45, 7) is 6.18. The van der Waals surface area contributed by atoms with Crippen molar-refractivity contribution in [3.63, 3.8) is 0 Å². The van der Waals surface area contributed by atoms with Crippen molar-refractivity contribution in [2.75, 3.05) is 18.0 Å². The van der Waals surface area contributed by atoms with E-state index in [0.717, 1.165) is 29.7 Å². The van der Waals surface area contributed by atoms with E-state index < -0.39 is 11.5 Å². The fraction of sp³-hybridized carbons (Fsp3) is 0.250. The lowest BCUT2D eigenvalue weighted by molar-refractivity contribution is 0.0947. The first-order valence-corrected chi connectivity index (χ1v) is 8.62. The largest absolute Gasteiger partial charge is 0.422 e. The van der Waals surface area contributed by atoms with Crippen LogP contribution in [-0.2, 0) is 6.54 Å². The van der Waals surface area contributed by atoms with Crippen LogP contribution in [0.4, 0.5) is 5.69 Å². The van der Waals surface area contributed by atoms with Crippen LogP contribution in [0.5, 0.6) is 0 Å². The zero-order valence-corrected chi connectivity index (χ0v) is 14.9.